The van der Waals surface area contributed by atoms with Crippen LogP contribution in [0.3, 0.4) is 0 Å². The molecule has 4 nitrogen and oxygen atoms in total. The van der Waals surface area contributed by atoms with Crippen LogP contribution >= 0.6 is 0 Å². The fraction of sp³-hybridized carbons (Fsp3) is 0.185. The largest absolute Gasteiger partial charge is 0.462 e. The molecule has 0 saturated carbocycles. The van der Waals surface area contributed by atoms with Crippen molar-refractivity contribution in [3.05, 3.63) is 108 Å². The first-order valence-corrected chi connectivity index (χ1v) is 11.1. The Morgan fingerprint density at radius 2 is 0.973 bits per heavy atom. The summed E-state index contributed by atoms with van der Waals surface area (Å²) in [7, 11) is 0. The molecule has 4 N–H and O–H groups in total. The predicted octanol–water partition coefficient (Wildman–Crippen LogP) is 7.37. The second-order valence-corrected chi connectivity index (χ2v) is 8.44. The van der Waals surface area contributed by atoms with Gasteiger partial charge in [-0.3, -0.25) is 0 Å². The van der Waals surface area contributed by atoms with Gasteiger partial charge >= 0.3 is 12.4 Å². The second kappa shape index (κ2) is 9.76. The van der Waals surface area contributed by atoms with Crippen molar-refractivity contribution in [2.75, 3.05) is 5.73 Å². The van der Waals surface area contributed by atoms with Gasteiger partial charge in [0.05, 0.1) is 0 Å². The van der Waals surface area contributed by atoms with Crippen LogP contribution < -0.4 is 20.9 Å². The lowest BCUT2D eigenvalue weighted by atomic mass is 9.73. The normalized spacial score (nSPS) is 14.5. The van der Waals surface area contributed by atoms with Gasteiger partial charge in [0, 0.05) is 17.8 Å². The van der Waals surface area contributed by atoms with E-state index in [1.54, 1.807) is 24.3 Å². The minimum Gasteiger partial charge on any atom is -0.462 e. The third kappa shape index (κ3) is 5.23. The number of allylic oxidation sites excluding steroid dienone is 4. The molecule has 10 heteroatoms. The number of anilines is 1. The van der Waals surface area contributed by atoms with Gasteiger partial charge in [0.1, 0.15) is 23.0 Å². The highest BCUT2D eigenvalue weighted by molar-refractivity contribution is 5.48. The average Bonchev–Trinajstić information content (AvgIpc) is 2.83. The first-order chi connectivity index (χ1) is 17.4. The third-order valence-corrected chi connectivity index (χ3v) is 5.93. The number of benzene rings is 3. The Morgan fingerprint density at radius 3 is 1.38 bits per heavy atom. The van der Waals surface area contributed by atoms with Gasteiger partial charge in [0.25, 0.3) is 0 Å². The van der Waals surface area contributed by atoms with Gasteiger partial charge in [-0.2, -0.15) is 26.3 Å². The SMILES string of the molecule is NC1=CC=C(Oc2ccc(C(c3ccc(Oc4ccc(N)cc4)cc3)(C(F)(F)F)C(F)(F)F)cc2)CC1. The zero-order valence-electron chi connectivity index (χ0n) is 19.2. The van der Waals surface area contributed by atoms with Crippen molar-refractivity contribution < 1.29 is 35.8 Å². The van der Waals surface area contributed by atoms with E-state index in [0.717, 1.165) is 48.5 Å². The van der Waals surface area contributed by atoms with Gasteiger partial charge < -0.3 is 20.9 Å². The van der Waals surface area contributed by atoms with Gasteiger partial charge in [-0.25, -0.2) is 0 Å². The molecule has 194 valence electrons. The molecule has 0 heterocycles. The molecule has 0 unspecified atom stereocenters. The smallest absolute Gasteiger partial charge is 0.411 e. The molecular weight excluding hydrogens is 498 g/mol. The first kappa shape index (κ1) is 26.0. The first-order valence-electron chi connectivity index (χ1n) is 11.1. The number of ether oxygens (including phenoxy) is 2. The summed E-state index contributed by atoms with van der Waals surface area (Å²) in [6, 6.07) is 13.5. The second-order valence-electron chi connectivity index (χ2n) is 8.44. The molecule has 0 saturated heterocycles. The van der Waals surface area contributed by atoms with Crippen LogP contribution in [-0.4, -0.2) is 12.4 Å². The van der Waals surface area contributed by atoms with E-state index in [-0.39, 0.29) is 11.5 Å². The summed E-state index contributed by atoms with van der Waals surface area (Å²) in [5, 5.41) is 0. The number of hydrogen-bond donors (Lipinski definition) is 2. The summed E-state index contributed by atoms with van der Waals surface area (Å²) in [5.41, 5.74) is 6.13. The topological polar surface area (TPSA) is 70.5 Å². The molecule has 1 aliphatic rings. The van der Waals surface area contributed by atoms with Crippen LogP contribution in [-0.2, 0) is 5.41 Å². The number of nitrogens with two attached hydrogens (primary N) is 2. The fourth-order valence-corrected chi connectivity index (χ4v) is 4.07. The van der Waals surface area contributed by atoms with Crippen molar-refractivity contribution in [1.29, 1.82) is 0 Å². The molecule has 3 aromatic carbocycles. The third-order valence-electron chi connectivity index (χ3n) is 5.93. The maximum Gasteiger partial charge on any atom is 0.411 e. The van der Waals surface area contributed by atoms with E-state index in [4.69, 9.17) is 20.9 Å². The maximum absolute atomic E-state index is 14.4. The quantitative estimate of drug-likeness (QED) is 0.263. The number of nitrogen functional groups attached to an aromatic ring is 1. The highest BCUT2D eigenvalue weighted by atomic mass is 19.4. The van der Waals surface area contributed by atoms with Gasteiger partial charge in [-0.1, -0.05) is 24.3 Å². The minimum absolute atomic E-state index is 0.0611. The molecular formula is C27H22F6N2O2. The van der Waals surface area contributed by atoms with Crippen molar-refractivity contribution in [3.63, 3.8) is 0 Å². The zero-order chi connectivity index (χ0) is 26.8. The highest BCUT2D eigenvalue weighted by Crippen LogP contribution is 2.56. The number of halogens is 6. The van der Waals surface area contributed by atoms with Crippen molar-refractivity contribution in [1.82, 2.24) is 0 Å². The monoisotopic (exact) mass is 520 g/mol. The molecule has 0 aliphatic heterocycles. The van der Waals surface area contributed by atoms with Crippen LogP contribution in [0.2, 0.25) is 0 Å². The molecule has 0 radical (unpaired) electrons. The number of rotatable bonds is 6. The molecule has 3 aromatic rings. The van der Waals surface area contributed by atoms with E-state index < -0.39 is 28.9 Å². The Balaban J connectivity index is 1.70. The Bertz CT molecular complexity index is 1280. The summed E-state index contributed by atoms with van der Waals surface area (Å²) >= 11 is 0. The minimum atomic E-state index is -5.71. The van der Waals surface area contributed by atoms with Crippen LogP contribution in [0.15, 0.2) is 96.4 Å². The average molecular weight is 520 g/mol. The molecule has 0 bridgehead atoms. The van der Waals surface area contributed by atoms with Gasteiger partial charge in [-0.05, 0) is 78.2 Å². The van der Waals surface area contributed by atoms with E-state index in [2.05, 4.69) is 0 Å². The molecule has 0 fully saturated rings. The van der Waals surface area contributed by atoms with Crippen LogP contribution in [0.4, 0.5) is 32.0 Å². The Morgan fingerprint density at radius 1 is 0.541 bits per heavy atom. The molecule has 37 heavy (non-hydrogen) atoms. The van der Waals surface area contributed by atoms with Crippen LogP contribution in [0.5, 0.6) is 17.2 Å². The van der Waals surface area contributed by atoms with Gasteiger partial charge in [0.2, 0.25) is 5.41 Å². The molecule has 4 rings (SSSR count). The van der Waals surface area contributed by atoms with E-state index in [1.807, 2.05) is 0 Å². The van der Waals surface area contributed by atoms with E-state index >= 15 is 0 Å². The maximum atomic E-state index is 14.4. The van der Waals surface area contributed by atoms with Crippen molar-refractivity contribution in [3.8, 4) is 17.2 Å². The lowest BCUT2D eigenvalue weighted by molar-refractivity contribution is -0.288. The van der Waals surface area contributed by atoms with Crippen molar-refractivity contribution in [2.45, 2.75) is 30.6 Å². The Labute approximate surface area is 208 Å². The molecule has 0 spiro atoms. The fourth-order valence-electron chi connectivity index (χ4n) is 4.07. The Kier molecular flexibility index (Phi) is 6.86. The summed E-state index contributed by atoms with van der Waals surface area (Å²) in [6.45, 7) is 0. The Hall–Kier alpha value is -4.08. The number of hydrogen-bond acceptors (Lipinski definition) is 4. The van der Waals surface area contributed by atoms with Crippen LogP contribution in [0.1, 0.15) is 24.0 Å². The summed E-state index contributed by atoms with van der Waals surface area (Å²) < 4.78 is 97.6. The van der Waals surface area contributed by atoms with Gasteiger partial charge in [0.15, 0.2) is 0 Å². The summed E-state index contributed by atoms with van der Waals surface area (Å²) in [4.78, 5) is 0. The standard InChI is InChI=1S/C27H22F6N2O2/c28-26(29,30)25(27(31,32)33,17-1-9-21(10-2-17)36-23-13-5-19(34)6-14-23)18-3-11-22(12-4-18)37-24-15-7-20(35)8-16-24/h1-7,9-15H,8,16,34-35H2. The van der Waals surface area contributed by atoms with Crippen molar-refractivity contribution in [2.24, 2.45) is 5.73 Å². The van der Waals surface area contributed by atoms with Crippen LogP contribution in [0, 0.1) is 0 Å². The van der Waals surface area contributed by atoms with Crippen molar-refractivity contribution >= 4 is 5.69 Å². The van der Waals surface area contributed by atoms with Crippen LogP contribution in [0.25, 0.3) is 0 Å². The molecule has 0 aromatic heterocycles. The molecule has 0 atom stereocenters. The molecule has 1 aliphatic carbocycles. The van der Waals surface area contributed by atoms with E-state index in [1.165, 1.54) is 12.1 Å². The van der Waals surface area contributed by atoms with E-state index in [9.17, 15) is 26.3 Å². The lowest BCUT2D eigenvalue weighted by Crippen LogP contribution is -2.54. The van der Waals surface area contributed by atoms with Gasteiger partial charge in [-0.15, -0.1) is 0 Å². The highest BCUT2D eigenvalue weighted by Gasteiger charge is 2.72. The number of alkyl halides is 6. The lowest BCUT2D eigenvalue weighted by Gasteiger charge is -2.38. The zero-order valence-corrected chi connectivity index (χ0v) is 19.2. The predicted molar refractivity (Wildman–Crippen MR) is 127 cm³/mol. The molecule has 0 amide bonds. The summed E-state index contributed by atoms with van der Waals surface area (Å²) in [5.74, 6) is 0.985. The summed E-state index contributed by atoms with van der Waals surface area (Å²) in [6.07, 6.45) is -7.18. The van der Waals surface area contributed by atoms with E-state index in [0.29, 0.717) is 35.7 Å².